The van der Waals surface area contributed by atoms with Gasteiger partial charge in [0, 0.05) is 12.0 Å². The molecule has 0 amide bonds. The summed E-state index contributed by atoms with van der Waals surface area (Å²) in [4.78, 5) is 14.1. The molecular formula is C8H11N5O2. The number of hydrogen-bond acceptors (Lipinski definition) is 4. The van der Waals surface area contributed by atoms with Gasteiger partial charge in [0.25, 0.3) is 0 Å². The molecule has 0 aromatic carbocycles. The zero-order valence-corrected chi connectivity index (χ0v) is 8.76. The SMILES string of the molecule is CCOC(=O)c1c(N=[N+]=[N-])nn(C)c1C. The number of hydrogen-bond donors (Lipinski definition) is 0. The summed E-state index contributed by atoms with van der Waals surface area (Å²) in [6.07, 6.45) is 0. The fraction of sp³-hybridized carbons (Fsp3) is 0.500. The number of aryl methyl sites for hydroxylation is 1. The maximum Gasteiger partial charge on any atom is 0.342 e. The molecule has 15 heavy (non-hydrogen) atoms. The number of rotatable bonds is 3. The number of ether oxygens (including phenoxy) is 1. The average molecular weight is 209 g/mol. The van der Waals surface area contributed by atoms with E-state index in [1.54, 1.807) is 20.9 Å². The molecule has 0 fully saturated rings. The normalized spacial score (nSPS) is 9.53. The second-order valence-electron chi connectivity index (χ2n) is 2.82. The van der Waals surface area contributed by atoms with Crippen LogP contribution in [0, 0.1) is 6.92 Å². The summed E-state index contributed by atoms with van der Waals surface area (Å²) in [6, 6.07) is 0. The van der Waals surface area contributed by atoms with E-state index in [0.717, 1.165) is 0 Å². The summed E-state index contributed by atoms with van der Waals surface area (Å²) in [5.74, 6) is -0.471. The summed E-state index contributed by atoms with van der Waals surface area (Å²) in [7, 11) is 1.66. The maximum atomic E-state index is 11.5. The van der Waals surface area contributed by atoms with Gasteiger partial charge in [-0.2, -0.15) is 5.10 Å². The van der Waals surface area contributed by atoms with E-state index in [2.05, 4.69) is 15.1 Å². The van der Waals surface area contributed by atoms with Crippen LogP contribution < -0.4 is 0 Å². The van der Waals surface area contributed by atoms with Crippen molar-refractivity contribution in [2.75, 3.05) is 6.61 Å². The molecule has 0 bridgehead atoms. The summed E-state index contributed by atoms with van der Waals surface area (Å²) in [5, 5.41) is 7.24. The van der Waals surface area contributed by atoms with E-state index in [1.165, 1.54) is 4.68 Å². The molecule has 0 saturated carbocycles. The van der Waals surface area contributed by atoms with Crippen LogP contribution in [0.1, 0.15) is 23.0 Å². The van der Waals surface area contributed by atoms with Gasteiger partial charge in [-0.15, -0.1) is 0 Å². The van der Waals surface area contributed by atoms with Crippen molar-refractivity contribution in [3.8, 4) is 0 Å². The van der Waals surface area contributed by atoms with Crippen LogP contribution in [-0.4, -0.2) is 22.4 Å². The predicted octanol–water partition coefficient (Wildman–Crippen LogP) is 1.85. The van der Waals surface area contributed by atoms with Crippen molar-refractivity contribution >= 4 is 11.8 Å². The summed E-state index contributed by atoms with van der Waals surface area (Å²) < 4.78 is 6.30. The molecule has 0 spiro atoms. The highest BCUT2D eigenvalue weighted by atomic mass is 16.5. The molecule has 0 unspecified atom stereocenters. The van der Waals surface area contributed by atoms with E-state index >= 15 is 0 Å². The van der Waals surface area contributed by atoms with Gasteiger partial charge in [-0.1, -0.05) is 0 Å². The van der Waals surface area contributed by atoms with E-state index in [9.17, 15) is 4.79 Å². The van der Waals surface area contributed by atoms with Crippen molar-refractivity contribution in [1.82, 2.24) is 9.78 Å². The Kier molecular flexibility index (Phi) is 3.30. The van der Waals surface area contributed by atoms with Crippen LogP contribution in [-0.2, 0) is 11.8 Å². The van der Waals surface area contributed by atoms with Gasteiger partial charge in [-0.25, -0.2) is 4.79 Å². The fourth-order valence-electron chi connectivity index (χ4n) is 1.15. The molecule has 0 aliphatic carbocycles. The van der Waals surface area contributed by atoms with Crippen molar-refractivity contribution < 1.29 is 9.53 Å². The molecule has 1 heterocycles. The summed E-state index contributed by atoms with van der Waals surface area (Å²) >= 11 is 0. The number of carbonyl (C=O) groups excluding carboxylic acids is 1. The average Bonchev–Trinajstić information content (AvgIpc) is 2.44. The second-order valence-corrected chi connectivity index (χ2v) is 2.82. The smallest absolute Gasteiger partial charge is 0.342 e. The van der Waals surface area contributed by atoms with Crippen molar-refractivity contribution in [1.29, 1.82) is 0 Å². The molecule has 7 nitrogen and oxygen atoms in total. The molecule has 1 aromatic rings. The molecule has 0 radical (unpaired) electrons. The summed E-state index contributed by atoms with van der Waals surface area (Å²) in [5.41, 5.74) is 9.14. The molecule has 80 valence electrons. The molecule has 0 saturated heterocycles. The third kappa shape index (κ3) is 2.08. The fourth-order valence-corrected chi connectivity index (χ4v) is 1.15. The van der Waals surface area contributed by atoms with Crippen LogP contribution >= 0.6 is 0 Å². The zero-order chi connectivity index (χ0) is 11.4. The van der Waals surface area contributed by atoms with Crippen molar-refractivity contribution in [3.05, 3.63) is 21.7 Å². The Labute approximate surface area is 86.3 Å². The van der Waals surface area contributed by atoms with Gasteiger partial charge in [0.15, 0.2) is 5.82 Å². The van der Waals surface area contributed by atoms with Crippen LogP contribution in [0.15, 0.2) is 5.11 Å². The maximum absolute atomic E-state index is 11.5. The van der Waals surface area contributed by atoms with E-state index in [0.29, 0.717) is 5.69 Å². The Hall–Kier alpha value is -2.01. The third-order valence-corrected chi connectivity index (χ3v) is 1.93. The van der Waals surface area contributed by atoms with Crippen LogP contribution in [0.3, 0.4) is 0 Å². The predicted molar refractivity (Wildman–Crippen MR) is 52.7 cm³/mol. The van der Waals surface area contributed by atoms with Crippen LogP contribution in [0.25, 0.3) is 10.4 Å². The number of esters is 1. The van der Waals surface area contributed by atoms with Gasteiger partial charge in [0.05, 0.1) is 12.3 Å². The monoisotopic (exact) mass is 209 g/mol. The van der Waals surface area contributed by atoms with Gasteiger partial charge >= 0.3 is 5.97 Å². The molecule has 0 atom stereocenters. The highest BCUT2D eigenvalue weighted by Gasteiger charge is 2.19. The van der Waals surface area contributed by atoms with Crippen molar-refractivity contribution in [2.45, 2.75) is 13.8 Å². The standard InChI is InChI=1S/C8H11N5O2/c1-4-15-8(14)6-5(2)13(3)11-7(6)10-12-9/h4H2,1-3H3. The Morgan fingerprint density at radius 1 is 1.73 bits per heavy atom. The van der Waals surface area contributed by atoms with Crippen molar-refractivity contribution in [3.63, 3.8) is 0 Å². The molecule has 7 heteroatoms. The Morgan fingerprint density at radius 2 is 2.40 bits per heavy atom. The van der Waals surface area contributed by atoms with Gasteiger partial charge < -0.3 is 4.74 Å². The van der Waals surface area contributed by atoms with E-state index < -0.39 is 5.97 Å². The quantitative estimate of drug-likeness (QED) is 0.329. The first-order chi connectivity index (χ1) is 7.11. The van der Waals surface area contributed by atoms with E-state index in [1.807, 2.05) is 0 Å². The Bertz CT molecular complexity index is 430. The second kappa shape index (κ2) is 4.47. The Balaban J connectivity index is 3.24. The minimum atomic E-state index is -0.523. The topological polar surface area (TPSA) is 92.9 Å². The number of aromatic nitrogens is 2. The largest absolute Gasteiger partial charge is 0.462 e. The number of nitrogens with zero attached hydrogens (tertiary/aromatic N) is 5. The molecule has 0 N–H and O–H groups in total. The summed E-state index contributed by atoms with van der Waals surface area (Å²) in [6.45, 7) is 3.68. The first-order valence-corrected chi connectivity index (χ1v) is 4.37. The first kappa shape index (κ1) is 11.1. The highest BCUT2D eigenvalue weighted by molar-refractivity contribution is 5.95. The van der Waals surface area contributed by atoms with Crippen molar-refractivity contribution in [2.24, 2.45) is 12.2 Å². The third-order valence-electron chi connectivity index (χ3n) is 1.93. The molecule has 1 rings (SSSR count). The van der Waals surface area contributed by atoms with Gasteiger partial charge in [-0.3, -0.25) is 4.68 Å². The van der Waals surface area contributed by atoms with Crippen LogP contribution in [0.4, 0.5) is 5.82 Å². The molecule has 0 aliphatic rings. The van der Waals surface area contributed by atoms with Gasteiger partial charge in [0.1, 0.15) is 5.56 Å². The van der Waals surface area contributed by atoms with Gasteiger partial charge in [-0.05, 0) is 24.5 Å². The lowest BCUT2D eigenvalue weighted by molar-refractivity contribution is 0.0526. The Morgan fingerprint density at radius 3 is 2.93 bits per heavy atom. The highest BCUT2D eigenvalue weighted by Crippen LogP contribution is 2.21. The number of azide groups is 1. The first-order valence-electron chi connectivity index (χ1n) is 4.37. The van der Waals surface area contributed by atoms with E-state index in [-0.39, 0.29) is 18.0 Å². The van der Waals surface area contributed by atoms with Crippen LogP contribution in [0.5, 0.6) is 0 Å². The minimum absolute atomic E-state index is 0.0518. The minimum Gasteiger partial charge on any atom is -0.462 e. The zero-order valence-electron chi connectivity index (χ0n) is 8.76. The molecule has 1 aromatic heterocycles. The number of carbonyl (C=O) groups is 1. The lowest BCUT2D eigenvalue weighted by Crippen LogP contribution is -2.06. The lowest BCUT2D eigenvalue weighted by atomic mass is 10.2. The van der Waals surface area contributed by atoms with E-state index in [4.69, 9.17) is 10.3 Å². The molecule has 0 aliphatic heterocycles. The molecular weight excluding hydrogens is 198 g/mol. The van der Waals surface area contributed by atoms with Crippen LogP contribution in [0.2, 0.25) is 0 Å². The lowest BCUT2D eigenvalue weighted by Gasteiger charge is -2.00. The van der Waals surface area contributed by atoms with Gasteiger partial charge in [0.2, 0.25) is 0 Å².